The van der Waals surface area contributed by atoms with Crippen molar-refractivity contribution in [2.45, 2.75) is 17.7 Å². The molecule has 2 aliphatic rings. The van der Waals surface area contributed by atoms with Crippen molar-refractivity contribution in [3.8, 4) is 0 Å². The second kappa shape index (κ2) is 7.82. The van der Waals surface area contributed by atoms with Crippen LogP contribution in [-0.2, 0) is 14.8 Å². The molecule has 1 fully saturated rings. The lowest BCUT2D eigenvalue weighted by Gasteiger charge is -2.31. The third kappa shape index (κ3) is 3.71. The molecule has 2 aromatic carbocycles. The maximum atomic E-state index is 12.9. The highest BCUT2D eigenvalue weighted by atomic mass is 35.5. The van der Waals surface area contributed by atoms with Gasteiger partial charge in [0.2, 0.25) is 15.9 Å². The summed E-state index contributed by atoms with van der Waals surface area (Å²) in [5.41, 5.74) is 0.559. The number of benzene rings is 2. The Morgan fingerprint density at radius 1 is 1.10 bits per heavy atom. The van der Waals surface area contributed by atoms with Gasteiger partial charge in [-0.1, -0.05) is 17.7 Å². The van der Waals surface area contributed by atoms with Gasteiger partial charge in [-0.3, -0.25) is 19.7 Å². The van der Waals surface area contributed by atoms with Gasteiger partial charge in [0.05, 0.1) is 27.6 Å². The van der Waals surface area contributed by atoms with E-state index < -0.39 is 33.7 Å². The molecule has 1 unspecified atom stereocenters. The van der Waals surface area contributed by atoms with Gasteiger partial charge in [-0.25, -0.2) is 8.42 Å². The summed E-state index contributed by atoms with van der Waals surface area (Å²) in [4.78, 5) is 36.8. The van der Waals surface area contributed by atoms with Crippen LogP contribution >= 0.6 is 11.6 Å². The van der Waals surface area contributed by atoms with Crippen molar-refractivity contribution < 1.29 is 22.8 Å². The molecule has 8 nitrogen and oxygen atoms in total. The van der Waals surface area contributed by atoms with Gasteiger partial charge >= 0.3 is 0 Å². The number of amides is 3. The number of hydrogen-bond donors (Lipinski definition) is 2. The first kappa shape index (κ1) is 20.5. The number of fused-ring (bicyclic) bond motifs is 1. The molecule has 0 spiro atoms. The molecule has 2 N–H and O–H groups in total. The van der Waals surface area contributed by atoms with Crippen molar-refractivity contribution in [2.24, 2.45) is 5.92 Å². The lowest BCUT2D eigenvalue weighted by atomic mass is 9.98. The molecule has 0 aliphatic carbocycles. The average Bonchev–Trinajstić information content (AvgIpc) is 3.03. The van der Waals surface area contributed by atoms with Crippen LogP contribution in [0.3, 0.4) is 0 Å². The molecule has 1 atom stereocenters. The Bertz CT molecular complexity index is 1150. The molecule has 0 radical (unpaired) electrons. The number of imide groups is 1. The number of carbonyl (C=O) groups excluding carboxylic acids is 3. The third-order valence-corrected chi connectivity index (χ3v) is 7.36. The van der Waals surface area contributed by atoms with E-state index in [2.05, 4.69) is 10.6 Å². The molecule has 30 heavy (non-hydrogen) atoms. The lowest BCUT2D eigenvalue weighted by molar-refractivity contribution is -0.120. The van der Waals surface area contributed by atoms with Crippen molar-refractivity contribution in [1.82, 2.24) is 9.62 Å². The van der Waals surface area contributed by atoms with E-state index in [-0.39, 0.29) is 28.3 Å². The number of anilines is 1. The molecule has 156 valence electrons. The Kier molecular flexibility index (Phi) is 5.35. The second-order valence-electron chi connectivity index (χ2n) is 7.16. The van der Waals surface area contributed by atoms with Crippen LogP contribution in [-0.4, -0.2) is 43.5 Å². The fourth-order valence-electron chi connectivity index (χ4n) is 3.69. The Hall–Kier alpha value is -2.75. The monoisotopic (exact) mass is 447 g/mol. The fraction of sp³-hybridized carbons (Fsp3) is 0.250. The molecule has 2 aliphatic heterocycles. The van der Waals surface area contributed by atoms with E-state index in [1.54, 1.807) is 12.1 Å². The summed E-state index contributed by atoms with van der Waals surface area (Å²) < 4.78 is 27.1. The van der Waals surface area contributed by atoms with Crippen molar-refractivity contribution in [3.05, 3.63) is 58.6 Å². The zero-order chi connectivity index (χ0) is 21.5. The van der Waals surface area contributed by atoms with Gasteiger partial charge in [-0.05, 0) is 49.2 Å². The van der Waals surface area contributed by atoms with E-state index in [4.69, 9.17) is 11.6 Å². The van der Waals surface area contributed by atoms with Gasteiger partial charge in [-0.2, -0.15) is 4.31 Å². The van der Waals surface area contributed by atoms with Gasteiger partial charge in [0.15, 0.2) is 0 Å². The predicted molar refractivity (Wildman–Crippen MR) is 110 cm³/mol. The summed E-state index contributed by atoms with van der Waals surface area (Å²) in [6, 6.07) is 10.5. The van der Waals surface area contributed by atoms with E-state index in [1.807, 2.05) is 0 Å². The van der Waals surface area contributed by atoms with Crippen molar-refractivity contribution in [2.75, 3.05) is 18.4 Å². The Balaban J connectivity index is 1.52. The molecule has 0 aromatic heterocycles. The molecule has 2 heterocycles. The summed E-state index contributed by atoms with van der Waals surface area (Å²) in [7, 11) is -3.76. The molecule has 10 heteroatoms. The number of carbonyl (C=O) groups is 3. The predicted octanol–water partition coefficient (Wildman–Crippen LogP) is 2.26. The van der Waals surface area contributed by atoms with Crippen LogP contribution in [0.2, 0.25) is 5.02 Å². The first-order valence-corrected chi connectivity index (χ1v) is 11.1. The first-order chi connectivity index (χ1) is 14.3. The molecular formula is C20H18ClN3O5S. The molecule has 3 amide bonds. The number of piperidine rings is 1. The number of sulfonamides is 1. The molecule has 4 rings (SSSR count). The highest BCUT2D eigenvalue weighted by Crippen LogP contribution is 2.28. The minimum absolute atomic E-state index is 0.0247. The number of nitrogens with one attached hydrogen (secondary N) is 2. The van der Waals surface area contributed by atoms with Crippen LogP contribution in [0.1, 0.15) is 33.6 Å². The molecule has 2 aromatic rings. The van der Waals surface area contributed by atoms with E-state index in [9.17, 15) is 22.8 Å². The summed E-state index contributed by atoms with van der Waals surface area (Å²) in [6.45, 7) is 0.337. The number of nitrogens with zero attached hydrogens (tertiary/aromatic N) is 1. The third-order valence-electron chi connectivity index (χ3n) is 5.23. The van der Waals surface area contributed by atoms with Crippen LogP contribution in [0.15, 0.2) is 47.4 Å². The second-order valence-corrected chi connectivity index (χ2v) is 9.53. The number of rotatable bonds is 4. The summed E-state index contributed by atoms with van der Waals surface area (Å²) in [5.74, 6) is -2.06. The van der Waals surface area contributed by atoms with Gasteiger partial charge in [0, 0.05) is 18.1 Å². The molecule has 1 saturated heterocycles. The minimum atomic E-state index is -3.76. The molecule has 0 saturated carbocycles. The largest absolute Gasteiger partial charge is 0.325 e. The number of hydrogen-bond acceptors (Lipinski definition) is 5. The van der Waals surface area contributed by atoms with Crippen LogP contribution in [0.4, 0.5) is 5.69 Å². The number of halogens is 1. The van der Waals surface area contributed by atoms with Crippen LogP contribution in [0.25, 0.3) is 0 Å². The smallest absolute Gasteiger partial charge is 0.261 e. The van der Waals surface area contributed by atoms with Crippen LogP contribution in [0, 0.1) is 5.92 Å². The summed E-state index contributed by atoms with van der Waals surface area (Å²) in [5, 5.41) is 5.32. The highest BCUT2D eigenvalue weighted by Gasteiger charge is 2.35. The first-order valence-electron chi connectivity index (χ1n) is 9.32. The fourth-order valence-corrected chi connectivity index (χ4v) is 5.34. The zero-order valence-electron chi connectivity index (χ0n) is 15.7. The standard InChI is InChI=1S/C20H18ClN3O5S/c21-13-6-8-14(9-7-13)30(28,29)24-10-2-3-12(11-24)18(25)22-16-5-1-4-15-17(16)20(27)23-19(15)26/h1,4-9,12H,2-3,10-11H2,(H,22,25)(H,23,26,27). The Morgan fingerprint density at radius 3 is 2.57 bits per heavy atom. The van der Waals surface area contributed by atoms with E-state index in [0.29, 0.717) is 24.4 Å². The Labute approximate surface area is 178 Å². The van der Waals surface area contributed by atoms with Crippen LogP contribution < -0.4 is 10.6 Å². The normalized spacial score (nSPS) is 19.3. The van der Waals surface area contributed by atoms with Crippen molar-refractivity contribution in [1.29, 1.82) is 0 Å². The lowest BCUT2D eigenvalue weighted by Crippen LogP contribution is -2.43. The van der Waals surface area contributed by atoms with Gasteiger partial charge in [-0.15, -0.1) is 0 Å². The van der Waals surface area contributed by atoms with Gasteiger partial charge in [0.1, 0.15) is 0 Å². The van der Waals surface area contributed by atoms with E-state index in [1.165, 1.54) is 34.6 Å². The maximum Gasteiger partial charge on any atom is 0.261 e. The summed E-state index contributed by atoms with van der Waals surface area (Å²) >= 11 is 5.84. The molecule has 0 bridgehead atoms. The maximum absolute atomic E-state index is 12.9. The SMILES string of the molecule is O=C1NC(=O)c2c(NC(=O)C3CCCN(S(=O)(=O)c4ccc(Cl)cc4)C3)cccc21. The van der Waals surface area contributed by atoms with Crippen LogP contribution in [0.5, 0.6) is 0 Å². The quantitative estimate of drug-likeness (QED) is 0.698. The summed E-state index contributed by atoms with van der Waals surface area (Å²) in [6.07, 6.45) is 1.04. The minimum Gasteiger partial charge on any atom is -0.325 e. The topological polar surface area (TPSA) is 113 Å². The van der Waals surface area contributed by atoms with Crippen molar-refractivity contribution in [3.63, 3.8) is 0 Å². The zero-order valence-corrected chi connectivity index (χ0v) is 17.3. The molecular weight excluding hydrogens is 430 g/mol. The Morgan fingerprint density at radius 2 is 1.83 bits per heavy atom. The van der Waals surface area contributed by atoms with E-state index >= 15 is 0 Å². The van der Waals surface area contributed by atoms with Gasteiger partial charge < -0.3 is 5.32 Å². The van der Waals surface area contributed by atoms with Gasteiger partial charge in [0.25, 0.3) is 11.8 Å². The average molecular weight is 448 g/mol. The highest BCUT2D eigenvalue weighted by molar-refractivity contribution is 7.89. The van der Waals surface area contributed by atoms with Crippen molar-refractivity contribution >= 4 is 45.0 Å². The van der Waals surface area contributed by atoms with E-state index in [0.717, 1.165) is 0 Å².